The van der Waals surface area contributed by atoms with E-state index in [2.05, 4.69) is 12.2 Å². The van der Waals surface area contributed by atoms with Crippen LogP contribution in [0.1, 0.15) is 43.5 Å². The van der Waals surface area contributed by atoms with Crippen molar-refractivity contribution in [1.29, 1.82) is 0 Å². The van der Waals surface area contributed by atoms with Crippen molar-refractivity contribution < 1.29 is 14.4 Å². The number of hydrogen-bond donors (Lipinski definition) is 1. The van der Waals surface area contributed by atoms with Crippen molar-refractivity contribution in [3.63, 3.8) is 0 Å². The van der Waals surface area contributed by atoms with E-state index in [0.717, 1.165) is 25.9 Å². The lowest BCUT2D eigenvalue weighted by molar-refractivity contribution is -0.136. The molecule has 22 heavy (non-hydrogen) atoms. The first-order valence-corrected chi connectivity index (χ1v) is 7.64. The summed E-state index contributed by atoms with van der Waals surface area (Å²) in [4.78, 5) is 37.2. The van der Waals surface area contributed by atoms with Crippen LogP contribution in [-0.4, -0.2) is 35.6 Å². The van der Waals surface area contributed by atoms with Crippen LogP contribution >= 0.6 is 0 Å². The van der Waals surface area contributed by atoms with Crippen molar-refractivity contribution in [2.75, 3.05) is 18.4 Å². The van der Waals surface area contributed by atoms with E-state index >= 15 is 0 Å². The van der Waals surface area contributed by atoms with Crippen molar-refractivity contribution in [3.05, 3.63) is 29.8 Å². The van der Waals surface area contributed by atoms with Gasteiger partial charge in [-0.1, -0.05) is 19.1 Å². The number of hydrogen-bond acceptors (Lipinski definition) is 3. The highest BCUT2D eigenvalue weighted by Crippen LogP contribution is 2.17. The van der Waals surface area contributed by atoms with E-state index in [1.54, 1.807) is 29.2 Å². The number of amides is 2. The number of ketones is 1. The predicted octanol–water partition coefficient (Wildman–Crippen LogP) is 2.48. The first-order chi connectivity index (χ1) is 10.5. The minimum Gasteiger partial charge on any atom is -0.342 e. The minimum absolute atomic E-state index is 0.0607. The summed E-state index contributed by atoms with van der Waals surface area (Å²) in [6, 6.07) is 6.73. The van der Waals surface area contributed by atoms with Crippen LogP contribution in [0.2, 0.25) is 0 Å². The second-order valence-electron chi connectivity index (χ2n) is 5.95. The number of rotatable bonds is 4. The van der Waals surface area contributed by atoms with Gasteiger partial charge in [0.25, 0.3) is 0 Å². The van der Waals surface area contributed by atoms with Crippen molar-refractivity contribution >= 4 is 23.3 Å². The highest BCUT2D eigenvalue weighted by Gasteiger charge is 2.22. The molecule has 0 bridgehead atoms. The zero-order valence-electron chi connectivity index (χ0n) is 13.1. The predicted molar refractivity (Wildman–Crippen MR) is 84.7 cm³/mol. The fourth-order valence-corrected chi connectivity index (χ4v) is 2.69. The third-order valence-corrected chi connectivity index (χ3v) is 3.87. The topological polar surface area (TPSA) is 66.5 Å². The van der Waals surface area contributed by atoms with Crippen LogP contribution < -0.4 is 5.32 Å². The van der Waals surface area contributed by atoms with Gasteiger partial charge >= 0.3 is 0 Å². The molecule has 5 nitrogen and oxygen atoms in total. The third kappa shape index (κ3) is 4.41. The number of nitrogens with zero attached hydrogens (tertiary/aromatic N) is 1. The zero-order valence-corrected chi connectivity index (χ0v) is 13.1. The Kier molecular flexibility index (Phi) is 5.31. The summed E-state index contributed by atoms with van der Waals surface area (Å²) < 4.78 is 0. The lowest BCUT2D eigenvalue weighted by Crippen LogP contribution is -2.40. The van der Waals surface area contributed by atoms with Crippen LogP contribution in [0.25, 0.3) is 0 Å². The second-order valence-corrected chi connectivity index (χ2v) is 5.95. The molecule has 1 N–H and O–H groups in total. The third-order valence-electron chi connectivity index (χ3n) is 3.87. The van der Waals surface area contributed by atoms with Gasteiger partial charge in [0, 0.05) is 24.3 Å². The molecule has 1 atom stereocenters. The van der Waals surface area contributed by atoms with Crippen molar-refractivity contribution in [3.8, 4) is 0 Å². The number of carbonyl (C=O) groups is 3. The van der Waals surface area contributed by atoms with E-state index in [1.807, 2.05) is 0 Å². The second kappa shape index (κ2) is 7.20. The summed E-state index contributed by atoms with van der Waals surface area (Å²) >= 11 is 0. The molecule has 0 aliphatic carbocycles. The van der Waals surface area contributed by atoms with Crippen LogP contribution in [0.15, 0.2) is 24.3 Å². The highest BCUT2D eigenvalue weighted by molar-refractivity contribution is 6.04. The van der Waals surface area contributed by atoms with Crippen LogP contribution in [0.3, 0.4) is 0 Å². The Morgan fingerprint density at radius 1 is 1.32 bits per heavy atom. The number of carbonyl (C=O) groups excluding carboxylic acids is 3. The van der Waals surface area contributed by atoms with Gasteiger partial charge in [-0.3, -0.25) is 14.4 Å². The molecule has 5 heteroatoms. The van der Waals surface area contributed by atoms with Crippen molar-refractivity contribution in [1.82, 2.24) is 4.90 Å². The highest BCUT2D eigenvalue weighted by atomic mass is 16.2. The maximum atomic E-state index is 12.1. The number of benzene rings is 1. The first-order valence-electron chi connectivity index (χ1n) is 7.64. The van der Waals surface area contributed by atoms with Crippen LogP contribution in [0, 0.1) is 5.92 Å². The van der Waals surface area contributed by atoms with Crippen molar-refractivity contribution in [2.45, 2.75) is 33.1 Å². The maximum absolute atomic E-state index is 12.1. The molecule has 1 aromatic carbocycles. The van der Waals surface area contributed by atoms with Gasteiger partial charge in [-0.25, -0.2) is 0 Å². The van der Waals surface area contributed by atoms with E-state index in [1.165, 1.54) is 6.92 Å². The summed E-state index contributed by atoms with van der Waals surface area (Å²) in [5.41, 5.74) is 1.08. The van der Waals surface area contributed by atoms with E-state index in [9.17, 15) is 14.4 Å². The average Bonchev–Trinajstić information content (AvgIpc) is 2.47. The van der Waals surface area contributed by atoms with Gasteiger partial charge in [0.15, 0.2) is 5.78 Å². The number of likely N-dealkylation sites (tertiary alicyclic amines) is 1. The SMILES string of the molecule is CC(=O)c1cccc(NC(=O)CC(=O)N2CCCC(C)C2)c1. The first kappa shape index (κ1) is 16.2. The molecule has 1 heterocycles. The summed E-state index contributed by atoms with van der Waals surface area (Å²) in [7, 11) is 0. The Labute approximate surface area is 130 Å². The Bertz CT molecular complexity index is 583. The Morgan fingerprint density at radius 2 is 2.09 bits per heavy atom. The molecule has 2 rings (SSSR count). The standard InChI is InChI=1S/C17H22N2O3/c1-12-5-4-8-19(11-12)17(22)10-16(21)18-15-7-3-6-14(9-15)13(2)20/h3,6-7,9,12H,4-5,8,10-11H2,1-2H3,(H,18,21). The van der Waals surface area contributed by atoms with E-state index in [4.69, 9.17) is 0 Å². The molecule has 1 aliphatic rings. The molecule has 1 unspecified atom stereocenters. The molecule has 1 aromatic rings. The molecule has 1 saturated heterocycles. The number of Topliss-reactive ketones (excluding diaryl/α,β-unsaturated/α-hetero) is 1. The fourth-order valence-electron chi connectivity index (χ4n) is 2.69. The summed E-state index contributed by atoms with van der Waals surface area (Å²) in [5, 5.41) is 2.68. The normalized spacial score (nSPS) is 17.9. The Morgan fingerprint density at radius 3 is 2.77 bits per heavy atom. The molecule has 0 spiro atoms. The molecule has 1 aliphatic heterocycles. The maximum Gasteiger partial charge on any atom is 0.233 e. The lowest BCUT2D eigenvalue weighted by atomic mass is 10.00. The van der Waals surface area contributed by atoms with Gasteiger partial charge in [-0.05, 0) is 37.8 Å². The molecular formula is C17H22N2O3. The van der Waals surface area contributed by atoms with Gasteiger partial charge in [0.1, 0.15) is 6.42 Å². The average molecular weight is 302 g/mol. The summed E-state index contributed by atoms with van der Waals surface area (Å²) in [6.45, 7) is 5.05. The van der Waals surface area contributed by atoms with Gasteiger partial charge in [-0.15, -0.1) is 0 Å². The van der Waals surface area contributed by atoms with Crippen LogP contribution in [0.5, 0.6) is 0 Å². The minimum atomic E-state index is -0.344. The zero-order chi connectivity index (χ0) is 16.1. The number of piperidine rings is 1. The lowest BCUT2D eigenvalue weighted by Gasteiger charge is -2.30. The molecule has 0 aromatic heterocycles. The van der Waals surface area contributed by atoms with Crippen LogP contribution in [-0.2, 0) is 9.59 Å². The van der Waals surface area contributed by atoms with E-state index in [0.29, 0.717) is 17.2 Å². The molecule has 2 amide bonds. The van der Waals surface area contributed by atoms with Gasteiger partial charge < -0.3 is 10.2 Å². The summed E-state index contributed by atoms with van der Waals surface area (Å²) in [6.07, 6.45) is 1.97. The number of nitrogens with one attached hydrogen (secondary N) is 1. The smallest absolute Gasteiger partial charge is 0.233 e. The molecule has 0 saturated carbocycles. The van der Waals surface area contributed by atoms with Gasteiger partial charge in [-0.2, -0.15) is 0 Å². The van der Waals surface area contributed by atoms with E-state index in [-0.39, 0.29) is 24.0 Å². The monoisotopic (exact) mass is 302 g/mol. The van der Waals surface area contributed by atoms with Crippen molar-refractivity contribution in [2.24, 2.45) is 5.92 Å². The number of anilines is 1. The molecule has 1 fully saturated rings. The molecule has 118 valence electrons. The largest absolute Gasteiger partial charge is 0.342 e. The Hall–Kier alpha value is -2.17. The molecule has 0 radical (unpaired) electrons. The fraction of sp³-hybridized carbons (Fsp3) is 0.471. The van der Waals surface area contributed by atoms with E-state index < -0.39 is 0 Å². The quantitative estimate of drug-likeness (QED) is 0.686. The molecular weight excluding hydrogens is 280 g/mol. The van der Waals surface area contributed by atoms with Gasteiger partial charge in [0.2, 0.25) is 11.8 Å². The Balaban J connectivity index is 1.91. The van der Waals surface area contributed by atoms with Crippen LogP contribution in [0.4, 0.5) is 5.69 Å². The summed E-state index contributed by atoms with van der Waals surface area (Å²) in [5.74, 6) is -0.0433. The van der Waals surface area contributed by atoms with Gasteiger partial charge in [0.05, 0.1) is 0 Å².